The molecule has 0 aromatic heterocycles. The van der Waals surface area contributed by atoms with Gasteiger partial charge in [-0.25, -0.2) is 0 Å². The zero-order valence-electron chi connectivity index (χ0n) is 11.2. The van der Waals surface area contributed by atoms with Crippen molar-refractivity contribution in [3.05, 3.63) is 0 Å². The van der Waals surface area contributed by atoms with E-state index in [2.05, 4.69) is 26.9 Å². The number of hydrogen-bond donors (Lipinski definition) is 1. The number of nitrogens with zero attached hydrogens (tertiary/aromatic N) is 2. The standard InChI is InChI=1S/C13H25N3OS/c1-2-5-15(6-3-1)13(12-14-4-11-18-13)16-7-9-17-10-8-16/h14H,1-12H2. The molecule has 104 valence electrons. The summed E-state index contributed by atoms with van der Waals surface area (Å²) in [5.41, 5.74) is 0. The summed E-state index contributed by atoms with van der Waals surface area (Å²) in [6, 6.07) is 0. The zero-order valence-corrected chi connectivity index (χ0v) is 12.0. The van der Waals surface area contributed by atoms with Gasteiger partial charge in [0.15, 0.2) is 0 Å². The minimum Gasteiger partial charge on any atom is -0.379 e. The third kappa shape index (κ3) is 2.56. The van der Waals surface area contributed by atoms with Crippen LogP contribution in [0.1, 0.15) is 19.3 Å². The van der Waals surface area contributed by atoms with Crippen molar-refractivity contribution < 1.29 is 4.74 Å². The molecular weight excluding hydrogens is 246 g/mol. The highest BCUT2D eigenvalue weighted by Gasteiger charge is 2.44. The highest BCUT2D eigenvalue weighted by atomic mass is 32.2. The fraction of sp³-hybridized carbons (Fsp3) is 1.00. The van der Waals surface area contributed by atoms with Crippen molar-refractivity contribution in [1.29, 1.82) is 0 Å². The average Bonchev–Trinajstić information content (AvgIpc) is 2.50. The molecule has 18 heavy (non-hydrogen) atoms. The molecule has 1 unspecified atom stereocenters. The first-order chi connectivity index (χ1) is 8.92. The van der Waals surface area contributed by atoms with E-state index < -0.39 is 0 Å². The van der Waals surface area contributed by atoms with E-state index in [1.54, 1.807) is 0 Å². The lowest BCUT2D eigenvalue weighted by Crippen LogP contribution is -2.68. The number of thioether (sulfide) groups is 1. The van der Waals surface area contributed by atoms with Crippen molar-refractivity contribution in [2.75, 3.05) is 58.2 Å². The van der Waals surface area contributed by atoms with Gasteiger partial charge >= 0.3 is 0 Å². The number of likely N-dealkylation sites (tertiary alicyclic amines) is 1. The highest BCUT2D eigenvalue weighted by Crippen LogP contribution is 2.37. The van der Waals surface area contributed by atoms with Crippen LogP contribution in [0.5, 0.6) is 0 Å². The third-order valence-electron chi connectivity index (χ3n) is 4.32. The molecule has 1 N–H and O–H groups in total. The largest absolute Gasteiger partial charge is 0.379 e. The fourth-order valence-corrected chi connectivity index (χ4v) is 4.86. The van der Waals surface area contributed by atoms with Crippen molar-refractivity contribution >= 4 is 11.8 Å². The minimum absolute atomic E-state index is 0.211. The van der Waals surface area contributed by atoms with Crippen molar-refractivity contribution in [2.45, 2.75) is 24.3 Å². The molecule has 0 aliphatic carbocycles. The van der Waals surface area contributed by atoms with Gasteiger partial charge in [0.05, 0.1) is 13.2 Å². The van der Waals surface area contributed by atoms with Crippen LogP contribution in [0.3, 0.4) is 0 Å². The Balaban J connectivity index is 1.77. The van der Waals surface area contributed by atoms with Crippen molar-refractivity contribution in [2.24, 2.45) is 0 Å². The van der Waals surface area contributed by atoms with E-state index in [9.17, 15) is 0 Å². The molecule has 0 bridgehead atoms. The molecule has 0 aromatic carbocycles. The summed E-state index contributed by atoms with van der Waals surface area (Å²) in [6.45, 7) is 8.78. The van der Waals surface area contributed by atoms with Crippen LogP contribution < -0.4 is 5.32 Å². The summed E-state index contributed by atoms with van der Waals surface area (Å²) in [5.74, 6) is 1.23. The quantitative estimate of drug-likeness (QED) is 0.802. The molecule has 3 rings (SSSR count). The van der Waals surface area contributed by atoms with E-state index in [0.717, 1.165) is 39.4 Å². The van der Waals surface area contributed by atoms with E-state index in [1.807, 2.05) is 0 Å². The van der Waals surface area contributed by atoms with E-state index in [1.165, 1.54) is 38.1 Å². The van der Waals surface area contributed by atoms with Gasteiger partial charge in [0.25, 0.3) is 0 Å². The van der Waals surface area contributed by atoms with E-state index >= 15 is 0 Å². The van der Waals surface area contributed by atoms with Crippen molar-refractivity contribution in [3.63, 3.8) is 0 Å². The van der Waals surface area contributed by atoms with Crippen LogP contribution in [-0.2, 0) is 4.74 Å². The summed E-state index contributed by atoms with van der Waals surface area (Å²) < 4.78 is 5.53. The molecule has 3 fully saturated rings. The molecule has 5 heteroatoms. The van der Waals surface area contributed by atoms with E-state index in [-0.39, 0.29) is 4.99 Å². The molecular formula is C13H25N3OS. The number of morpholine rings is 1. The van der Waals surface area contributed by atoms with Gasteiger partial charge in [0.2, 0.25) is 0 Å². The predicted molar refractivity (Wildman–Crippen MR) is 75.9 cm³/mol. The zero-order chi connectivity index (χ0) is 12.3. The number of rotatable bonds is 2. The molecule has 3 aliphatic heterocycles. The maximum absolute atomic E-state index is 5.53. The molecule has 1 atom stereocenters. The van der Waals surface area contributed by atoms with Crippen LogP contribution >= 0.6 is 11.8 Å². The Morgan fingerprint density at radius 1 is 0.944 bits per heavy atom. The fourth-order valence-electron chi connectivity index (χ4n) is 3.35. The van der Waals surface area contributed by atoms with Crippen LogP contribution in [0, 0.1) is 0 Å². The molecule has 0 aromatic rings. The third-order valence-corrected chi connectivity index (χ3v) is 5.85. The van der Waals surface area contributed by atoms with E-state index in [0.29, 0.717) is 0 Å². The Hall–Kier alpha value is 0.190. The van der Waals surface area contributed by atoms with Crippen molar-refractivity contribution in [1.82, 2.24) is 15.1 Å². The highest BCUT2D eigenvalue weighted by molar-refractivity contribution is 8.00. The Morgan fingerprint density at radius 3 is 2.33 bits per heavy atom. The number of nitrogens with one attached hydrogen (secondary N) is 1. The SMILES string of the molecule is C1CCN(C2(N3CCOCC3)CNCCS2)CC1. The number of ether oxygens (including phenoxy) is 1. The Bertz CT molecular complexity index is 239. The summed E-state index contributed by atoms with van der Waals surface area (Å²) in [5, 5.41) is 3.63. The Morgan fingerprint density at radius 2 is 1.67 bits per heavy atom. The lowest BCUT2D eigenvalue weighted by Gasteiger charge is -2.54. The van der Waals surface area contributed by atoms with Gasteiger partial charge in [-0.2, -0.15) is 0 Å². The van der Waals surface area contributed by atoms with Gasteiger partial charge < -0.3 is 10.1 Å². The van der Waals surface area contributed by atoms with Gasteiger partial charge in [-0.15, -0.1) is 11.8 Å². The topological polar surface area (TPSA) is 27.7 Å². The van der Waals surface area contributed by atoms with Crippen LogP contribution in [0.15, 0.2) is 0 Å². The average molecular weight is 271 g/mol. The molecule has 3 heterocycles. The maximum Gasteiger partial charge on any atom is 0.135 e. The van der Waals surface area contributed by atoms with Crippen LogP contribution in [0.2, 0.25) is 0 Å². The van der Waals surface area contributed by atoms with Gasteiger partial charge in [0, 0.05) is 45.0 Å². The second-order valence-electron chi connectivity index (χ2n) is 5.42. The Labute approximate surface area is 114 Å². The molecule has 0 saturated carbocycles. The Kier molecular flexibility index (Phi) is 4.46. The first-order valence-corrected chi connectivity index (χ1v) is 8.33. The molecule has 0 radical (unpaired) electrons. The minimum atomic E-state index is 0.211. The van der Waals surface area contributed by atoms with Crippen molar-refractivity contribution in [3.8, 4) is 0 Å². The summed E-state index contributed by atoms with van der Waals surface area (Å²) >= 11 is 2.16. The van der Waals surface area contributed by atoms with E-state index in [4.69, 9.17) is 4.74 Å². The molecule has 3 aliphatic rings. The summed E-state index contributed by atoms with van der Waals surface area (Å²) in [7, 11) is 0. The number of hydrogen-bond acceptors (Lipinski definition) is 5. The predicted octanol–water partition coefficient (Wildman–Crippen LogP) is 0.795. The normalized spacial score (nSPS) is 36.7. The monoisotopic (exact) mass is 271 g/mol. The van der Waals surface area contributed by atoms with Crippen LogP contribution in [-0.4, -0.2) is 73.0 Å². The second-order valence-corrected chi connectivity index (χ2v) is 6.77. The molecule has 3 saturated heterocycles. The van der Waals surface area contributed by atoms with Gasteiger partial charge in [-0.05, 0) is 12.8 Å². The van der Waals surface area contributed by atoms with Gasteiger partial charge in [-0.3, -0.25) is 9.80 Å². The first kappa shape index (κ1) is 13.2. The van der Waals surface area contributed by atoms with Gasteiger partial charge in [-0.1, -0.05) is 6.42 Å². The smallest absolute Gasteiger partial charge is 0.135 e. The first-order valence-electron chi connectivity index (χ1n) is 7.34. The van der Waals surface area contributed by atoms with Gasteiger partial charge in [0.1, 0.15) is 4.99 Å². The lowest BCUT2D eigenvalue weighted by molar-refractivity contribution is -0.0572. The molecule has 4 nitrogen and oxygen atoms in total. The molecule has 0 spiro atoms. The lowest BCUT2D eigenvalue weighted by atomic mass is 10.1. The van der Waals surface area contributed by atoms with Crippen LogP contribution in [0.4, 0.5) is 0 Å². The second kappa shape index (κ2) is 6.09. The summed E-state index contributed by atoms with van der Waals surface area (Å²) in [4.78, 5) is 5.61. The molecule has 0 amide bonds. The number of piperidine rings is 1. The maximum atomic E-state index is 5.53. The van der Waals surface area contributed by atoms with Crippen LogP contribution in [0.25, 0.3) is 0 Å². The summed E-state index contributed by atoms with van der Waals surface area (Å²) in [6.07, 6.45) is 4.15.